The summed E-state index contributed by atoms with van der Waals surface area (Å²) in [5, 5.41) is 0. The summed E-state index contributed by atoms with van der Waals surface area (Å²) in [6.07, 6.45) is 1.09. The second kappa shape index (κ2) is 7.98. The molecule has 3 rings (SSSR count). The number of amides is 3. The largest absolute Gasteiger partial charge is 0.343 e. The highest BCUT2D eigenvalue weighted by atomic mass is 32.2. The average Bonchev–Trinajstić information content (AvgIpc) is 2.91. The number of hydrogen-bond donors (Lipinski definition) is 1. The van der Waals surface area contributed by atoms with Gasteiger partial charge in [-0.15, -0.1) is 0 Å². The van der Waals surface area contributed by atoms with Gasteiger partial charge in [0.05, 0.1) is 11.1 Å². The Morgan fingerprint density at radius 2 is 1.64 bits per heavy atom. The molecule has 0 radical (unpaired) electrons. The zero-order chi connectivity index (χ0) is 20.5. The van der Waals surface area contributed by atoms with E-state index in [-0.39, 0.29) is 36.7 Å². The van der Waals surface area contributed by atoms with Gasteiger partial charge in [-0.25, -0.2) is 0 Å². The van der Waals surface area contributed by atoms with Crippen molar-refractivity contribution >= 4 is 27.9 Å². The van der Waals surface area contributed by atoms with Crippen molar-refractivity contribution in [3.05, 3.63) is 35.4 Å². The highest BCUT2D eigenvalue weighted by molar-refractivity contribution is 7.87. The van der Waals surface area contributed by atoms with Gasteiger partial charge < -0.3 is 4.90 Å². The van der Waals surface area contributed by atoms with E-state index < -0.39 is 10.2 Å². The maximum absolute atomic E-state index is 12.5. The van der Waals surface area contributed by atoms with Gasteiger partial charge in [0.1, 0.15) is 0 Å². The Kier molecular flexibility index (Phi) is 5.82. The molecule has 0 atom stereocenters. The minimum Gasteiger partial charge on any atom is -0.343 e. The third kappa shape index (κ3) is 4.08. The van der Waals surface area contributed by atoms with Crippen LogP contribution in [0.1, 0.15) is 40.0 Å². The van der Waals surface area contributed by atoms with Crippen LogP contribution in [0.4, 0.5) is 0 Å². The number of imide groups is 1. The zero-order valence-electron chi connectivity index (χ0n) is 15.9. The van der Waals surface area contributed by atoms with Gasteiger partial charge in [0.2, 0.25) is 5.91 Å². The van der Waals surface area contributed by atoms with Gasteiger partial charge in [-0.1, -0.05) is 12.1 Å². The van der Waals surface area contributed by atoms with Crippen LogP contribution in [0.2, 0.25) is 0 Å². The van der Waals surface area contributed by atoms with E-state index in [4.69, 9.17) is 0 Å². The number of hydrogen-bond acceptors (Lipinski definition) is 5. The van der Waals surface area contributed by atoms with Gasteiger partial charge in [-0.2, -0.15) is 17.4 Å². The number of carbonyl (C=O) groups is 3. The summed E-state index contributed by atoms with van der Waals surface area (Å²) in [7, 11) is -0.580. The first kappa shape index (κ1) is 20.4. The molecule has 1 aromatic carbocycles. The molecule has 0 aromatic heterocycles. The maximum Gasteiger partial charge on any atom is 0.279 e. The van der Waals surface area contributed by atoms with Gasteiger partial charge in [0, 0.05) is 46.2 Å². The van der Waals surface area contributed by atoms with Gasteiger partial charge >= 0.3 is 0 Å². The Morgan fingerprint density at radius 1 is 1.11 bits per heavy atom. The van der Waals surface area contributed by atoms with Crippen molar-refractivity contribution in [2.45, 2.75) is 25.3 Å². The summed E-state index contributed by atoms with van der Waals surface area (Å²) in [4.78, 5) is 39.9. The van der Waals surface area contributed by atoms with E-state index in [9.17, 15) is 22.8 Å². The monoisotopic (exact) mass is 408 g/mol. The Morgan fingerprint density at radius 3 is 2.14 bits per heavy atom. The lowest BCUT2D eigenvalue weighted by atomic mass is 10.1. The summed E-state index contributed by atoms with van der Waals surface area (Å²) in [6.45, 7) is 0.904. The van der Waals surface area contributed by atoms with Crippen molar-refractivity contribution in [1.29, 1.82) is 0 Å². The molecule has 28 heavy (non-hydrogen) atoms. The number of nitrogens with one attached hydrogen (secondary N) is 1. The molecule has 1 fully saturated rings. The molecule has 1 saturated heterocycles. The minimum absolute atomic E-state index is 0.0400. The quantitative estimate of drug-likeness (QED) is 0.670. The molecule has 0 unspecified atom stereocenters. The van der Waals surface area contributed by atoms with Gasteiger partial charge in [-0.3, -0.25) is 19.3 Å². The first-order valence-corrected chi connectivity index (χ1v) is 10.6. The van der Waals surface area contributed by atoms with E-state index in [1.165, 1.54) is 14.1 Å². The number of carbonyl (C=O) groups excluding carboxylic acids is 3. The van der Waals surface area contributed by atoms with Gasteiger partial charge in [0.25, 0.3) is 22.0 Å². The normalized spacial score (nSPS) is 18.1. The molecular formula is C18H24N4O5S. The molecule has 10 heteroatoms. The molecule has 2 aliphatic rings. The SMILES string of the molecule is CN(C)S(=O)(=O)NC1CCN(C(=O)CCN2C(=O)c3ccccc3C2=O)CC1. The predicted octanol–water partition coefficient (Wildman–Crippen LogP) is 0.0597. The van der Waals surface area contributed by atoms with Crippen LogP contribution in [0.5, 0.6) is 0 Å². The highest BCUT2D eigenvalue weighted by Crippen LogP contribution is 2.22. The summed E-state index contributed by atoms with van der Waals surface area (Å²) in [6, 6.07) is 6.40. The first-order chi connectivity index (χ1) is 13.2. The molecular weight excluding hydrogens is 384 g/mol. The van der Waals surface area contributed by atoms with Crippen LogP contribution < -0.4 is 4.72 Å². The van der Waals surface area contributed by atoms with E-state index in [1.807, 2.05) is 0 Å². The van der Waals surface area contributed by atoms with Gasteiger partial charge in [0.15, 0.2) is 0 Å². The summed E-state index contributed by atoms with van der Waals surface area (Å²) < 4.78 is 27.5. The van der Waals surface area contributed by atoms with Crippen LogP contribution in [-0.4, -0.2) is 80.0 Å². The Bertz CT molecular complexity index is 856. The fourth-order valence-corrected chi connectivity index (χ4v) is 4.24. The van der Waals surface area contributed by atoms with Crippen LogP contribution in [-0.2, 0) is 15.0 Å². The van der Waals surface area contributed by atoms with Crippen molar-refractivity contribution in [2.24, 2.45) is 0 Å². The topological polar surface area (TPSA) is 107 Å². The number of likely N-dealkylation sites (tertiary alicyclic amines) is 1. The summed E-state index contributed by atoms with van der Waals surface area (Å²) >= 11 is 0. The number of benzene rings is 1. The smallest absolute Gasteiger partial charge is 0.279 e. The molecule has 0 spiro atoms. The third-order valence-electron chi connectivity index (χ3n) is 5.07. The third-order valence-corrected chi connectivity index (χ3v) is 6.66. The van der Waals surface area contributed by atoms with Crippen molar-refractivity contribution < 1.29 is 22.8 Å². The highest BCUT2D eigenvalue weighted by Gasteiger charge is 2.35. The molecule has 1 aromatic rings. The van der Waals surface area contributed by atoms with Crippen molar-refractivity contribution in [2.75, 3.05) is 33.7 Å². The lowest BCUT2D eigenvalue weighted by Crippen LogP contribution is -2.49. The lowest BCUT2D eigenvalue weighted by Gasteiger charge is -2.33. The second-order valence-corrected chi connectivity index (χ2v) is 9.03. The van der Waals surface area contributed by atoms with Crippen LogP contribution in [0.3, 0.4) is 0 Å². The fraction of sp³-hybridized carbons (Fsp3) is 0.500. The van der Waals surface area contributed by atoms with Crippen LogP contribution in [0.25, 0.3) is 0 Å². The Labute approximate surface area is 164 Å². The molecule has 0 aliphatic carbocycles. The molecule has 152 valence electrons. The zero-order valence-corrected chi connectivity index (χ0v) is 16.7. The van der Waals surface area contributed by atoms with Crippen molar-refractivity contribution in [3.63, 3.8) is 0 Å². The number of piperidine rings is 1. The Hall–Kier alpha value is -2.30. The molecule has 2 heterocycles. The number of fused-ring (bicyclic) bond motifs is 1. The van der Waals surface area contributed by atoms with Crippen molar-refractivity contribution in [3.8, 4) is 0 Å². The van der Waals surface area contributed by atoms with Gasteiger partial charge in [-0.05, 0) is 25.0 Å². The number of nitrogens with zero attached hydrogens (tertiary/aromatic N) is 3. The molecule has 1 N–H and O–H groups in total. The van der Waals surface area contributed by atoms with E-state index in [0.717, 1.165) is 9.21 Å². The molecule has 2 aliphatic heterocycles. The first-order valence-electron chi connectivity index (χ1n) is 9.13. The lowest BCUT2D eigenvalue weighted by molar-refractivity contribution is -0.132. The molecule has 0 bridgehead atoms. The minimum atomic E-state index is -3.50. The van der Waals surface area contributed by atoms with Crippen molar-refractivity contribution in [1.82, 2.24) is 18.8 Å². The standard InChI is InChI=1S/C18H24N4O5S/c1-20(2)28(26,27)19-13-7-10-21(11-8-13)16(23)9-12-22-17(24)14-5-3-4-6-15(14)18(22)25/h3-6,13,19H,7-12H2,1-2H3. The van der Waals surface area contributed by atoms with Crippen LogP contribution in [0.15, 0.2) is 24.3 Å². The number of rotatable bonds is 6. The summed E-state index contributed by atoms with van der Waals surface area (Å²) in [5.41, 5.74) is 0.739. The van der Waals surface area contributed by atoms with E-state index in [0.29, 0.717) is 37.1 Å². The van der Waals surface area contributed by atoms with Crippen LogP contribution in [0, 0.1) is 0 Å². The Balaban J connectivity index is 1.50. The van der Waals surface area contributed by atoms with E-state index >= 15 is 0 Å². The molecule has 0 saturated carbocycles. The predicted molar refractivity (Wildman–Crippen MR) is 102 cm³/mol. The average molecular weight is 408 g/mol. The van der Waals surface area contributed by atoms with E-state index in [1.54, 1.807) is 29.2 Å². The fourth-order valence-electron chi connectivity index (χ4n) is 3.37. The van der Waals surface area contributed by atoms with E-state index in [2.05, 4.69) is 4.72 Å². The maximum atomic E-state index is 12.5. The molecule has 3 amide bonds. The second-order valence-electron chi connectivity index (χ2n) is 7.12. The molecule has 9 nitrogen and oxygen atoms in total. The van der Waals surface area contributed by atoms with Crippen LogP contribution >= 0.6 is 0 Å². The summed E-state index contributed by atoms with van der Waals surface area (Å²) in [5.74, 6) is -0.888.